The van der Waals surface area contributed by atoms with Crippen LogP contribution >= 0.6 is 0 Å². The van der Waals surface area contributed by atoms with Crippen molar-refractivity contribution in [3.8, 4) is 11.5 Å². The van der Waals surface area contributed by atoms with Crippen LogP contribution in [0.4, 0.5) is 8.78 Å². The molecule has 1 aliphatic heterocycles. The minimum Gasteiger partial charge on any atom is -0.490 e. The van der Waals surface area contributed by atoms with Crippen LogP contribution in [0, 0.1) is 6.92 Å². The summed E-state index contributed by atoms with van der Waals surface area (Å²) in [4.78, 5) is 17.0. The lowest BCUT2D eigenvalue weighted by Crippen LogP contribution is -2.48. The number of carbonyl (C=O) groups excluding carboxylic acids is 1. The van der Waals surface area contributed by atoms with Gasteiger partial charge >= 0.3 is 6.61 Å². The molecule has 0 N–H and O–H groups in total. The Morgan fingerprint density at radius 2 is 1.72 bits per heavy atom. The van der Waals surface area contributed by atoms with Crippen molar-refractivity contribution in [3.63, 3.8) is 0 Å². The molecule has 3 rings (SSSR count). The first-order valence-corrected chi connectivity index (χ1v) is 9.75. The number of alkyl halides is 2. The second-order valence-electron chi connectivity index (χ2n) is 7.03. The lowest BCUT2D eigenvalue weighted by molar-refractivity contribution is -0.0514. The highest BCUT2D eigenvalue weighted by Gasteiger charge is 2.23. The largest absolute Gasteiger partial charge is 0.490 e. The van der Waals surface area contributed by atoms with Gasteiger partial charge in [-0.2, -0.15) is 8.78 Å². The third kappa shape index (κ3) is 5.67. The molecule has 2 aromatic rings. The molecule has 0 saturated carbocycles. The molecule has 1 amide bonds. The Balaban J connectivity index is 1.61. The predicted molar refractivity (Wildman–Crippen MR) is 107 cm³/mol. The van der Waals surface area contributed by atoms with Gasteiger partial charge in [0.2, 0.25) is 0 Å². The lowest BCUT2D eigenvalue weighted by Gasteiger charge is -2.35. The van der Waals surface area contributed by atoms with Crippen molar-refractivity contribution in [2.75, 3.05) is 32.8 Å². The van der Waals surface area contributed by atoms with Crippen molar-refractivity contribution in [1.82, 2.24) is 9.80 Å². The highest BCUT2D eigenvalue weighted by atomic mass is 19.3. The van der Waals surface area contributed by atoms with Gasteiger partial charge in [-0.25, -0.2) is 0 Å². The van der Waals surface area contributed by atoms with Crippen molar-refractivity contribution in [2.24, 2.45) is 0 Å². The van der Waals surface area contributed by atoms with Crippen LogP contribution in [0.3, 0.4) is 0 Å². The Morgan fingerprint density at radius 3 is 2.34 bits per heavy atom. The summed E-state index contributed by atoms with van der Waals surface area (Å²) in [5, 5.41) is 0. The van der Waals surface area contributed by atoms with Gasteiger partial charge in [0.05, 0.1) is 6.61 Å². The highest BCUT2D eigenvalue weighted by Crippen LogP contribution is 2.30. The van der Waals surface area contributed by atoms with Gasteiger partial charge in [-0.1, -0.05) is 29.8 Å². The minimum atomic E-state index is -2.95. The van der Waals surface area contributed by atoms with E-state index in [2.05, 4.69) is 40.8 Å². The number of hydrogen-bond donors (Lipinski definition) is 0. The van der Waals surface area contributed by atoms with Crippen molar-refractivity contribution in [1.29, 1.82) is 0 Å². The number of nitrogens with zero attached hydrogens (tertiary/aromatic N) is 2. The molecule has 0 aliphatic carbocycles. The van der Waals surface area contributed by atoms with E-state index in [0.717, 1.165) is 19.6 Å². The average Bonchev–Trinajstić information content (AvgIpc) is 2.71. The first-order valence-electron chi connectivity index (χ1n) is 9.75. The summed E-state index contributed by atoms with van der Waals surface area (Å²) < 4.78 is 34.9. The van der Waals surface area contributed by atoms with Gasteiger partial charge in [0.25, 0.3) is 5.91 Å². The van der Waals surface area contributed by atoms with Crippen molar-refractivity contribution in [3.05, 3.63) is 59.2 Å². The molecule has 1 heterocycles. The molecule has 1 fully saturated rings. The summed E-state index contributed by atoms with van der Waals surface area (Å²) in [5.41, 5.74) is 2.90. The van der Waals surface area contributed by atoms with Gasteiger partial charge in [0.15, 0.2) is 11.5 Å². The fourth-order valence-electron chi connectivity index (χ4n) is 3.35. The number of carbonyl (C=O) groups is 1. The lowest BCUT2D eigenvalue weighted by atomic mass is 10.1. The SMILES string of the molecule is CCOc1cc(C(=O)N2CCN(Cc3ccc(C)cc3)CC2)ccc1OC(F)F. The van der Waals surface area contributed by atoms with Crippen molar-refractivity contribution in [2.45, 2.75) is 27.0 Å². The fraction of sp³-hybridized carbons (Fsp3) is 0.409. The molecule has 1 aliphatic rings. The van der Waals surface area contributed by atoms with E-state index >= 15 is 0 Å². The van der Waals surface area contributed by atoms with Gasteiger partial charge in [0.1, 0.15) is 0 Å². The molecule has 29 heavy (non-hydrogen) atoms. The van der Waals surface area contributed by atoms with E-state index in [1.54, 1.807) is 11.8 Å². The summed E-state index contributed by atoms with van der Waals surface area (Å²) in [6.45, 7) is 4.80. The molecule has 0 bridgehead atoms. The molecule has 0 atom stereocenters. The fourth-order valence-corrected chi connectivity index (χ4v) is 3.35. The number of piperazine rings is 1. The molecular formula is C22H26F2N2O3. The van der Waals surface area contributed by atoms with Crippen LogP contribution < -0.4 is 9.47 Å². The number of hydrogen-bond acceptors (Lipinski definition) is 4. The maximum Gasteiger partial charge on any atom is 0.387 e. The van der Waals surface area contributed by atoms with Crippen LogP contribution in [0.5, 0.6) is 11.5 Å². The summed E-state index contributed by atoms with van der Waals surface area (Å²) in [5.74, 6) is -0.0532. The van der Waals surface area contributed by atoms with E-state index in [0.29, 0.717) is 18.7 Å². The summed E-state index contributed by atoms with van der Waals surface area (Å²) in [6.07, 6.45) is 0. The van der Waals surface area contributed by atoms with E-state index < -0.39 is 6.61 Å². The first-order chi connectivity index (χ1) is 14.0. The maximum absolute atomic E-state index is 12.9. The van der Waals surface area contributed by atoms with E-state index in [1.165, 1.54) is 29.3 Å². The van der Waals surface area contributed by atoms with Gasteiger partial charge in [0, 0.05) is 38.3 Å². The predicted octanol–water partition coefficient (Wildman–Crippen LogP) is 3.95. The Bertz CT molecular complexity index is 819. The van der Waals surface area contributed by atoms with Crippen LogP contribution in [-0.4, -0.2) is 55.1 Å². The number of halogens is 2. The second-order valence-corrected chi connectivity index (χ2v) is 7.03. The zero-order valence-electron chi connectivity index (χ0n) is 16.7. The summed E-state index contributed by atoms with van der Waals surface area (Å²) in [7, 11) is 0. The Morgan fingerprint density at radius 1 is 1.03 bits per heavy atom. The van der Waals surface area contributed by atoms with E-state index in [9.17, 15) is 13.6 Å². The average molecular weight is 404 g/mol. The number of amides is 1. The number of ether oxygens (including phenoxy) is 2. The monoisotopic (exact) mass is 404 g/mol. The first kappa shape index (κ1) is 21.0. The van der Waals surface area contributed by atoms with Gasteiger partial charge in [-0.15, -0.1) is 0 Å². The Hall–Kier alpha value is -2.67. The van der Waals surface area contributed by atoms with E-state index in [-0.39, 0.29) is 24.0 Å². The molecule has 0 unspecified atom stereocenters. The molecule has 7 heteroatoms. The molecule has 5 nitrogen and oxygen atoms in total. The van der Waals surface area contributed by atoms with Crippen LogP contribution in [-0.2, 0) is 6.54 Å². The van der Waals surface area contributed by atoms with Crippen molar-refractivity contribution >= 4 is 5.91 Å². The van der Waals surface area contributed by atoms with Crippen LogP contribution in [0.2, 0.25) is 0 Å². The third-order valence-corrected chi connectivity index (χ3v) is 4.89. The molecule has 0 radical (unpaired) electrons. The molecule has 0 spiro atoms. The maximum atomic E-state index is 12.9. The number of benzene rings is 2. The van der Waals surface area contributed by atoms with Gasteiger partial charge in [-0.3, -0.25) is 9.69 Å². The van der Waals surface area contributed by atoms with Crippen LogP contribution in [0.1, 0.15) is 28.4 Å². The molecule has 156 valence electrons. The number of aryl methyl sites for hydroxylation is 1. The Labute approximate surface area is 169 Å². The summed E-state index contributed by atoms with van der Waals surface area (Å²) in [6, 6.07) is 12.8. The van der Waals surface area contributed by atoms with Crippen LogP contribution in [0.25, 0.3) is 0 Å². The molecule has 2 aromatic carbocycles. The van der Waals surface area contributed by atoms with Gasteiger partial charge < -0.3 is 14.4 Å². The Kier molecular flexibility index (Phi) is 7.04. The zero-order valence-corrected chi connectivity index (χ0v) is 16.7. The molecular weight excluding hydrogens is 378 g/mol. The molecule has 1 saturated heterocycles. The van der Waals surface area contributed by atoms with Crippen LogP contribution in [0.15, 0.2) is 42.5 Å². The third-order valence-electron chi connectivity index (χ3n) is 4.89. The molecule has 0 aromatic heterocycles. The minimum absolute atomic E-state index is 0.0682. The highest BCUT2D eigenvalue weighted by molar-refractivity contribution is 5.95. The second kappa shape index (κ2) is 9.69. The smallest absolute Gasteiger partial charge is 0.387 e. The van der Waals surface area contributed by atoms with E-state index in [1.807, 2.05) is 0 Å². The van der Waals surface area contributed by atoms with Gasteiger partial charge in [-0.05, 0) is 37.6 Å². The summed E-state index contributed by atoms with van der Waals surface area (Å²) >= 11 is 0. The topological polar surface area (TPSA) is 42.0 Å². The zero-order chi connectivity index (χ0) is 20.8. The normalized spacial score (nSPS) is 14.9. The standard InChI is InChI=1S/C22H26F2N2O3/c1-3-28-20-14-18(8-9-19(20)29-22(23)24)21(27)26-12-10-25(11-13-26)15-17-6-4-16(2)5-7-17/h4-9,14,22H,3,10-13,15H2,1-2H3. The van der Waals surface area contributed by atoms with Crippen molar-refractivity contribution < 1.29 is 23.0 Å². The van der Waals surface area contributed by atoms with E-state index in [4.69, 9.17) is 4.74 Å². The number of rotatable bonds is 7. The quantitative estimate of drug-likeness (QED) is 0.701.